The highest BCUT2D eigenvalue weighted by molar-refractivity contribution is 5.02. The van der Waals surface area contributed by atoms with E-state index in [4.69, 9.17) is 0 Å². The molecule has 0 aliphatic heterocycles. The molecule has 0 aromatic heterocycles. The minimum atomic E-state index is -6.06. The molecular formula is C21H32F12O2. The van der Waals surface area contributed by atoms with E-state index in [0.29, 0.717) is 27.7 Å². The molecule has 0 amide bonds. The third-order valence-corrected chi connectivity index (χ3v) is 6.96. The molecule has 0 aromatic carbocycles. The second kappa shape index (κ2) is 9.43. The van der Waals surface area contributed by atoms with Gasteiger partial charge in [-0.25, -0.2) is 8.78 Å². The van der Waals surface area contributed by atoms with Gasteiger partial charge in [0.1, 0.15) is 0 Å². The predicted octanol–water partition coefficient (Wildman–Crippen LogP) is 9.20. The minimum absolute atomic E-state index is 0.240. The van der Waals surface area contributed by atoms with Gasteiger partial charge < -0.3 is 0 Å². The number of rotatable bonds is 10. The second-order valence-electron chi connectivity index (χ2n) is 10.3. The van der Waals surface area contributed by atoms with E-state index in [-0.39, 0.29) is 20.8 Å². The summed E-state index contributed by atoms with van der Waals surface area (Å²) in [4.78, 5) is 0. The van der Waals surface area contributed by atoms with Crippen LogP contribution in [0.5, 0.6) is 0 Å². The van der Waals surface area contributed by atoms with Crippen LogP contribution < -0.4 is 0 Å². The lowest BCUT2D eigenvalue weighted by molar-refractivity contribution is -0.494. The fourth-order valence-electron chi connectivity index (χ4n) is 3.27. The molecule has 0 aromatic rings. The Morgan fingerprint density at radius 3 is 1.26 bits per heavy atom. The lowest BCUT2D eigenvalue weighted by atomic mass is 9.63. The molecule has 0 fully saturated rings. The Hall–Kier alpha value is -0.920. The van der Waals surface area contributed by atoms with Crippen LogP contribution in [0.25, 0.3) is 0 Å². The molecule has 2 nitrogen and oxygen atoms in total. The summed E-state index contributed by atoms with van der Waals surface area (Å²) in [6.07, 6.45) is -24.6. The molecule has 14 heteroatoms. The molecule has 0 aliphatic rings. The van der Waals surface area contributed by atoms with Gasteiger partial charge in [-0.2, -0.15) is 43.9 Å². The summed E-state index contributed by atoms with van der Waals surface area (Å²) in [6, 6.07) is 0. The average Bonchev–Trinajstić information content (AvgIpc) is 2.62. The van der Waals surface area contributed by atoms with Crippen LogP contribution in [0.1, 0.15) is 75.2 Å². The molecule has 0 bridgehead atoms. The molecule has 0 aliphatic carbocycles. The maximum absolute atomic E-state index is 15.3. The first-order valence-corrected chi connectivity index (χ1v) is 10.6. The molecule has 0 N–H and O–H groups in total. The summed E-state index contributed by atoms with van der Waals surface area (Å²) in [5.74, 6) is -12.3. The van der Waals surface area contributed by atoms with E-state index < -0.39 is 71.3 Å². The molecule has 3 unspecified atom stereocenters. The highest BCUT2D eigenvalue weighted by Crippen LogP contribution is 2.63. The lowest BCUT2D eigenvalue weighted by Crippen LogP contribution is -2.65. The summed E-state index contributed by atoms with van der Waals surface area (Å²) in [5, 5.41) is 0. The van der Waals surface area contributed by atoms with Gasteiger partial charge in [-0.3, -0.25) is 9.47 Å². The Morgan fingerprint density at radius 2 is 1.00 bits per heavy atom. The molecule has 0 saturated heterocycles. The zero-order valence-electron chi connectivity index (χ0n) is 20.8. The first-order valence-electron chi connectivity index (χ1n) is 10.6. The van der Waals surface area contributed by atoms with Crippen LogP contribution in [0.2, 0.25) is 0 Å². The Morgan fingerprint density at radius 1 is 0.600 bits per heavy atom. The normalized spacial score (nSPS) is 21.2. The summed E-state index contributed by atoms with van der Waals surface area (Å²) in [7, 11) is 0. The smallest absolute Gasteiger partial charge is 0.274 e. The summed E-state index contributed by atoms with van der Waals surface area (Å²) in [5.41, 5.74) is -9.74. The van der Waals surface area contributed by atoms with Crippen LogP contribution >= 0.6 is 0 Å². The Bertz CT molecular complexity index is 709. The van der Waals surface area contributed by atoms with Crippen molar-refractivity contribution in [2.45, 2.75) is 111 Å². The summed E-state index contributed by atoms with van der Waals surface area (Å²) in [6.45, 7) is 4.85. The molecule has 0 radical (unpaired) electrons. The number of alkyl halides is 12. The van der Waals surface area contributed by atoms with E-state index in [1.165, 1.54) is 0 Å². The van der Waals surface area contributed by atoms with Gasteiger partial charge in [-0.15, -0.1) is 0 Å². The highest BCUT2D eigenvalue weighted by Gasteiger charge is 2.76. The van der Waals surface area contributed by atoms with Gasteiger partial charge >= 0.3 is 36.3 Å². The maximum atomic E-state index is 15.3. The van der Waals surface area contributed by atoms with Crippen molar-refractivity contribution in [3.05, 3.63) is 0 Å². The van der Waals surface area contributed by atoms with Crippen molar-refractivity contribution in [1.82, 2.24) is 0 Å². The molecule has 4 atom stereocenters. The van der Waals surface area contributed by atoms with Gasteiger partial charge in [-0.1, -0.05) is 62.3 Å². The van der Waals surface area contributed by atoms with E-state index in [1.54, 1.807) is 0 Å². The largest absolute Gasteiger partial charge is 0.449 e. The number of hydrogen-bond acceptors (Lipinski definition) is 2. The molecule has 35 heavy (non-hydrogen) atoms. The lowest BCUT2D eigenvalue weighted by Gasteiger charge is -2.53. The molecule has 0 heterocycles. The first-order chi connectivity index (χ1) is 15.0. The fraction of sp³-hybridized carbons (Fsp3) is 1.00. The van der Waals surface area contributed by atoms with E-state index in [9.17, 15) is 35.1 Å². The molecule has 0 saturated carbocycles. The Kier molecular flexibility index (Phi) is 9.18. The summed E-state index contributed by atoms with van der Waals surface area (Å²) < 4.78 is 178. The van der Waals surface area contributed by atoms with Crippen molar-refractivity contribution in [2.24, 2.45) is 22.2 Å². The van der Waals surface area contributed by atoms with Crippen LogP contribution in [0.4, 0.5) is 52.7 Å². The Balaban J connectivity index is 6.84. The SMILES string of the molecule is CCC(C)C(F)(OC(F)(F)[C@@](C)(CC)C(C)(C)C(F)(F)OC(F)(C(C)(C)C)C(F)(F)F)C(F)(F)F. The van der Waals surface area contributed by atoms with Gasteiger partial charge in [0, 0.05) is 11.3 Å². The standard InChI is InChI=1S/C21H32F12O2/c1-10-12(3)16(22,18(24,25)26)34-21(32,33)15(9,11-2)14(7,8)20(30,31)35-17(23,13(4,5)6)19(27,28)29/h12H,10-11H2,1-9H3/t12?,15-,16?,17?/m0/s1. The first kappa shape index (κ1) is 34.1. The van der Waals surface area contributed by atoms with Gasteiger partial charge in [0.15, 0.2) is 0 Å². The molecule has 0 rings (SSSR count). The minimum Gasteiger partial charge on any atom is -0.274 e. The summed E-state index contributed by atoms with van der Waals surface area (Å²) >= 11 is 0. The average molecular weight is 544 g/mol. The van der Waals surface area contributed by atoms with Crippen LogP contribution in [0.3, 0.4) is 0 Å². The fourth-order valence-corrected chi connectivity index (χ4v) is 3.27. The van der Waals surface area contributed by atoms with E-state index in [1.807, 2.05) is 0 Å². The van der Waals surface area contributed by atoms with Gasteiger partial charge in [0.25, 0.3) is 0 Å². The van der Waals surface area contributed by atoms with Crippen molar-refractivity contribution in [3.63, 3.8) is 0 Å². The van der Waals surface area contributed by atoms with Crippen LogP contribution in [0.15, 0.2) is 0 Å². The third kappa shape index (κ3) is 5.52. The predicted molar refractivity (Wildman–Crippen MR) is 103 cm³/mol. The number of halogens is 12. The zero-order valence-corrected chi connectivity index (χ0v) is 20.8. The molecule has 212 valence electrons. The molecular weight excluding hydrogens is 512 g/mol. The van der Waals surface area contributed by atoms with Gasteiger partial charge in [0.05, 0.1) is 10.8 Å². The topological polar surface area (TPSA) is 18.5 Å². The van der Waals surface area contributed by atoms with Gasteiger partial charge in [-0.05, 0) is 12.8 Å². The second-order valence-corrected chi connectivity index (χ2v) is 10.3. The Labute approximate surface area is 196 Å². The monoisotopic (exact) mass is 544 g/mol. The van der Waals surface area contributed by atoms with Crippen LogP contribution in [-0.4, -0.2) is 36.3 Å². The van der Waals surface area contributed by atoms with E-state index >= 15 is 17.6 Å². The van der Waals surface area contributed by atoms with Crippen molar-refractivity contribution in [3.8, 4) is 0 Å². The number of ether oxygens (including phenoxy) is 2. The van der Waals surface area contributed by atoms with Crippen molar-refractivity contribution < 1.29 is 62.2 Å². The van der Waals surface area contributed by atoms with Gasteiger partial charge in [0.2, 0.25) is 0 Å². The van der Waals surface area contributed by atoms with Crippen LogP contribution in [0, 0.1) is 22.2 Å². The highest BCUT2D eigenvalue weighted by atomic mass is 19.4. The molecule has 0 spiro atoms. The zero-order chi connectivity index (χ0) is 28.9. The number of hydrogen-bond donors (Lipinski definition) is 0. The quantitative estimate of drug-likeness (QED) is 0.255. The van der Waals surface area contributed by atoms with E-state index in [0.717, 1.165) is 13.8 Å². The van der Waals surface area contributed by atoms with Crippen LogP contribution in [-0.2, 0) is 9.47 Å². The van der Waals surface area contributed by atoms with Crippen molar-refractivity contribution >= 4 is 0 Å². The van der Waals surface area contributed by atoms with Crippen molar-refractivity contribution in [1.29, 1.82) is 0 Å². The van der Waals surface area contributed by atoms with E-state index in [2.05, 4.69) is 9.47 Å². The third-order valence-electron chi connectivity index (χ3n) is 6.96. The maximum Gasteiger partial charge on any atom is 0.449 e. The van der Waals surface area contributed by atoms with Crippen molar-refractivity contribution in [2.75, 3.05) is 0 Å².